The Morgan fingerprint density at radius 1 is 0.789 bits per heavy atom. The first-order valence-corrected chi connectivity index (χ1v) is 15.8. The summed E-state index contributed by atoms with van der Waals surface area (Å²) >= 11 is 0. The monoisotopic (exact) mass is 506 g/mol. The number of ketones is 1. The molecule has 8 unspecified atom stereocenters. The summed E-state index contributed by atoms with van der Waals surface area (Å²) in [5, 5.41) is 5.69. The molecule has 4 aliphatic rings. The van der Waals surface area contributed by atoms with E-state index in [1.54, 1.807) is 5.56 Å². The van der Waals surface area contributed by atoms with Crippen LogP contribution in [0.1, 0.15) is 90.5 Å². The second kappa shape index (κ2) is 9.21. The lowest BCUT2D eigenvalue weighted by Gasteiger charge is -2.61. The van der Waals surface area contributed by atoms with Crippen LogP contribution in [-0.2, 0) is 11.2 Å². The fourth-order valence-electron chi connectivity index (χ4n) is 11.0. The number of Topliss-reactive ketones (excluding diaryl/α,β-unsaturated/α-hetero) is 1. The fourth-order valence-corrected chi connectivity index (χ4v) is 11.0. The van der Waals surface area contributed by atoms with Gasteiger partial charge in [0.2, 0.25) is 0 Å². The highest BCUT2D eigenvalue weighted by Crippen LogP contribution is 2.68. The molecule has 1 heteroatoms. The standard InChI is InChI=1S/C37H46O/c1-24(38)33-16-17-34-32-15-13-28-22-25(18-20-36(28,2)35(32)19-21-37(33,34)3)12-14-31-29-10-6-4-8-26(29)23-27-9-5-7-11-30(27)31/h4-11,23,25,28,32-35H,12-22H2,1-3H3. The van der Waals surface area contributed by atoms with Crippen molar-refractivity contribution in [1.82, 2.24) is 0 Å². The summed E-state index contributed by atoms with van der Waals surface area (Å²) in [4.78, 5) is 12.5. The summed E-state index contributed by atoms with van der Waals surface area (Å²) in [6, 6.07) is 20.4. The first-order valence-electron chi connectivity index (χ1n) is 15.8. The van der Waals surface area contributed by atoms with Crippen LogP contribution in [0.5, 0.6) is 0 Å². The van der Waals surface area contributed by atoms with Gasteiger partial charge in [-0.15, -0.1) is 0 Å². The molecule has 0 bridgehead atoms. The average Bonchev–Trinajstić information content (AvgIpc) is 3.28. The number of fused-ring (bicyclic) bond motifs is 7. The molecule has 4 fully saturated rings. The zero-order chi connectivity index (χ0) is 26.1. The van der Waals surface area contributed by atoms with Gasteiger partial charge in [0.1, 0.15) is 5.78 Å². The van der Waals surface area contributed by atoms with Crippen molar-refractivity contribution in [2.24, 2.45) is 46.3 Å². The summed E-state index contributed by atoms with van der Waals surface area (Å²) in [7, 11) is 0. The fraction of sp³-hybridized carbons (Fsp3) is 0.595. The topological polar surface area (TPSA) is 17.1 Å². The van der Waals surface area contributed by atoms with Crippen LogP contribution in [0.4, 0.5) is 0 Å². The predicted molar refractivity (Wildman–Crippen MR) is 159 cm³/mol. The van der Waals surface area contributed by atoms with E-state index in [-0.39, 0.29) is 5.41 Å². The van der Waals surface area contributed by atoms with Gasteiger partial charge in [0.15, 0.2) is 0 Å². The molecular weight excluding hydrogens is 460 g/mol. The predicted octanol–water partition coefficient (Wildman–Crippen LogP) is 9.79. The maximum atomic E-state index is 12.5. The summed E-state index contributed by atoms with van der Waals surface area (Å²) in [6.07, 6.45) is 14.8. The van der Waals surface area contributed by atoms with Crippen molar-refractivity contribution in [3.05, 3.63) is 60.2 Å². The van der Waals surface area contributed by atoms with Crippen molar-refractivity contribution < 1.29 is 4.79 Å². The van der Waals surface area contributed by atoms with Gasteiger partial charge in [0.25, 0.3) is 0 Å². The van der Waals surface area contributed by atoms with E-state index in [1.807, 2.05) is 6.92 Å². The Labute approximate surface area is 229 Å². The van der Waals surface area contributed by atoms with Crippen LogP contribution >= 0.6 is 0 Å². The summed E-state index contributed by atoms with van der Waals surface area (Å²) in [5.74, 6) is 5.13. The number of hydrogen-bond donors (Lipinski definition) is 0. The smallest absolute Gasteiger partial charge is 0.133 e. The minimum Gasteiger partial charge on any atom is -0.300 e. The third kappa shape index (κ3) is 3.74. The van der Waals surface area contributed by atoms with Gasteiger partial charge in [-0.05, 0) is 151 Å². The number of benzene rings is 3. The highest BCUT2D eigenvalue weighted by atomic mass is 16.1. The van der Waals surface area contributed by atoms with E-state index in [9.17, 15) is 4.79 Å². The number of carbonyl (C=O) groups is 1. The second-order valence-electron chi connectivity index (χ2n) is 14.4. The molecule has 0 radical (unpaired) electrons. The lowest BCUT2D eigenvalue weighted by molar-refractivity contribution is -0.135. The molecule has 0 saturated heterocycles. The van der Waals surface area contributed by atoms with Gasteiger partial charge in [-0.2, -0.15) is 0 Å². The maximum Gasteiger partial charge on any atom is 0.133 e. The van der Waals surface area contributed by atoms with Crippen molar-refractivity contribution in [3.63, 3.8) is 0 Å². The number of rotatable bonds is 4. The van der Waals surface area contributed by atoms with Gasteiger partial charge in [-0.25, -0.2) is 0 Å². The van der Waals surface area contributed by atoms with E-state index in [0.717, 1.165) is 36.0 Å². The zero-order valence-electron chi connectivity index (χ0n) is 23.8. The Balaban J connectivity index is 1.08. The molecule has 200 valence electrons. The van der Waals surface area contributed by atoms with Crippen LogP contribution in [0.15, 0.2) is 54.6 Å². The zero-order valence-corrected chi connectivity index (χ0v) is 23.8. The molecule has 38 heavy (non-hydrogen) atoms. The second-order valence-corrected chi connectivity index (χ2v) is 14.4. The molecule has 4 saturated carbocycles. The van der Waals surface area contributed by atoms with E-state index < -0.39 is 0 Å². The molecule has 8 atom stereocenters. The van der Waals surface area contributed by atoms with E-state index in [0.29, 0.717) is 17.1 Å². The molecule has 0 aromatic heterocycles. The molecule has 4 aliphatic carbocycles. The van der Waals surface area contributed by atoms with Crippen LogP contribution < -0.4 is 0 Å². The highest BCUT2D eigenvalue weighted by molar-refractivity contribution is 6.02. The van der Waals surface area contributed by atoms with Gasteiger partial charge in [-0.3, -0.25) is 4.79 Å². The molecule has 3 aromatic rings. The normalized spacial score (nSPS) is 38.5. The van der Waals surface area contributed by atoms with Gasteiger partial charge < -0.3 is 0 Å². The van der Waals surface area contributed by atoms with Gasteiger partial charge in [-0.1, -0.05) is 62.4 Å². The van der Waals surface area contributed by atoms with Gasteiger partial charge >= 0.3 is 0 Å². The first-order chi connectivity index (χ1) is 18.4. The number of aryl methyl sites for hydroxylation is 1. The largest absolute Gasteiger partial charge is 0.300 e. The molecule has 0 N–H and O–H groups in total. The molecular formula is C37H46O. The molecule has 7 rings (SSSR count). The molecule has 0 spiro atoms. The van der Waals surface area contributed by atoms with Crippen molar-refractivity contribution in [2.75, 3.05) is 0 Å². The van der Waals surface area contributed by atoms with Crippen LogP contribution in [0.3, 0.4) is 0 Å². The van der Waals surface area contributed by atoms with Gasteiger partial charge in [0, 0.05) is 5.92 Å². The maximum absolute atomic E-state index is 12.5. The van der Waals surface area contributed by atoms with Crippen LogP contribution in [0.25, 0.3) is 21.5 Å². The number of carbonyl (C=O) groups excluding carboxylic acids is 1. The Bertz CT molecular complexity index is 1320. The Morgan fingerprint density at radius 2 is 1.45 bits per heavy atom. The van der Waals surface area contributed by atoms with Gasteiger partial charge in [0.05, 0.1) is 0 Å². The molecule has 0 aliphatic heterocycles. The average molecular weight is 507 g/mol. The third-order valence-corrected chi connectivity index (χ3v) is 13.0. The Hall–Kier alpha value is -2.15. The van der Waals surface area contributed by atoms with Crippen molar-refractivity contribution >= 4 is 27.3 Å². The van der Waals surface area contributed by atoms with E-state index >= 15 is 0 Å². The minimum atomic E-state index is 0.286. The van der Waals surface area contributed by atoms with E-state index in [1.165, 1.54) is 85.8 Å². The van der Waals surface area contributed by atoms with Crippen molar-refractivity contribution in [2.45, 2.75) is 91.4 Å². The van der Waals surface area contributed by atoms with E-state index in [4.69, 9.17) is 0 Å². The highest BCUT2D eigenvalue weighted by Gasteiger charge is 2.60. The lowest BCUT2D eigenvalue weighted by Crippen LogP contribution is -2.53. The molecule has 1 nitrogen and oxygen atoms in total. The molecule has 0 amide bonds. The quantitative estimate of drug-likeness (QED) is 0.322. The summed E-state index contributed by atoms with van der Waals surface area (Å²) in [5.41, 5.74) is 2.39. The first kappa shape index (κ1) is 24.9. The van der Waals surface area contributed by atoms with Crippen LogP contribution in [0, 0.1) is 46.3 Å². The molecule has 3 aromatic carbocycles. The Kier molecular flexibility index (Phi) is 6.02. The van der Waals surface area contributed by atoms with Crippen LogP contribution in [0.2, 0.25) is 0 Å². The summed E-state index contributed by atoms with van der Waals surface area (Å²) < 4.78 is 0. The third-order valence-electron chi connectivity index (χ3n) is 13.0. The summed E-state index contributed by atoms with van der Waals surface area (Å²) in [6.45, 7) is 7.06. The van der Waals surface area contributed by atoms with E-state index in [2.05, 4.69) is 68.4 Å². The molecule has 0 heterocycles. The van der Waals surface area contributed by atoms with Crippen molar-refractivity contribution in [3.8, 4) is 0 Å². The van der Waals surface area contributed by atoms with Crippen molar-refractivity contribution in [1.29, 1.82) is 0 Å². The SMILES string of the molecule is CC(=O)C1CCC2C3CCC4CC(CCc5c6ccccc6cc6ccccc56)CCC4(C)C3CCC12C. The lowest BCUT2D eigenvalue weighted by atomic mass is 9.44. The number of hydrogen-bond acceptors (Lipinski definition) is 1. The minimum absolute atomic E-state index is 0.286. The Morgan fingerprint density at radius 3 is 2.16 bits per heavy atom. The van der Waals surface area contributed by atoms with Crippen LogP contribution in [-0.4, -0.2) is 5.78 Å².